The first-order valence-corrected chi connectivity index (χ1v) is 8.65. The Hall–Kier alpha value is -2.33. The number of nitrogens with one attached hydrogen (secondary N) is 1. The SMILES string of the molecule is Cc1cc(C)c(/C=C2\C(=O)N(CN3CCCC3)c3ccccc32)[nH]1.[HH]. The van der Waals surface area contributed by atoms with Crippen LogP contribution < -0.4 is 4.90 Å². The molecule has 2 aliphatic rings. The minimum absolute atomic E-state index is 0. The molecule has 1 saturated heterocycles. The van der Waals surface area contributed by atoms with Gasteiger partial charge < -0.3 is 4.98 Å². The van der Waals surface area contributed by atoms with Crippen LogP contribution in [-0.4, -0.2) is 35.5 Å². The molecule has 0 radical (unpaired) electrons. The number of rotatable bonds is 3. The quantitative estimate of drug-likeness (QED) is 0.872. The van der Waals surface area contributed by atoms with Crippen LogP contribution >= 0.6 is 0 Å². The van der Waals surface area contributed by atoms with E-state index < -0.39 is 0 Å². The van der Waals surface area contributed by atoms with Gasteiger partial charge in [-0.15, -0.1) is 0 Å². The summed E-state index contributed by atoms with van der Waals surface area (Å²) < 4.78 is 0. The second kappa shape index (κ2) is 5.95. The van der Waals surface area contributed by atoms with Gasteiger partial charge in [0.05, 0.1) is 17.9 Å². The molecule has 4 rings (SSSR count). The molecule has 1 fully saturated rings. The lowest BCUT2D eigenvalue weighted by Gasteiger charge is -2.24. The zero-order chi connectivity index (χ0) is 16.7. The molecule has 1 N–H and O–H groups in total. The number of H-pyrrole nitrogens is 1. The zero-order valence-corrected chi connectivity index (χ0v) is 14.3. The van der Waals surface area contributed by atoms with E-state index >= 15 is 0 Å². The molecule has 2 aromatic rings. The molecule has 1 amide bonds. The number of likely N-dealkylation sites (tertiary alicyclic amines) is 1. The fourth-order valence-electron chi connectivity index (χ4n) is 3.75. The van der Waals surface area contributed by atoms with Gasteiger partial charge in [0.25, 0.3) is 5.91 Å². The van der Waals surface area contributed by atoms with Crippen molar-refractivity contribution in [3.63, 3.8) is 0 Å². The van der Waals surface area contributed by atoms with Crippen LogP contribution in [0.15, 0.2) is 30.3 Å². The van der Waals surface area contributed by atoms with Crippen molar-refractivity contribution in [2.75, 3.05) is 24.7 Å². The van der Waals surface area contributed by atoms with E-state index in [0.717, 1.165) is 41.3 Å². The zero-order valence-electron chi connectivity index (χ0n) is 14.3. The molecular formula is C20H25N3O. The van der Waals surface area contributed by atoms with Gasteiger partial charge in [-0.05, 0) is 63.6 Å². The van der Waals surface area contributed by atoms with Crippen LogP contribution in [0.25, 0.3) is 11.6 Å². The molecule has 24 heavy (non-hydrogen) atoms. The van der Waals surface area contributed by atoms with Gasteiger partial charge >= 0.3 is 0 Å². The Balaban J connectivity index is 0.00000182. The number of aromatic amines is 1. The first kappa shape index (κ1) is 15.2. The first-order valence-electron chi connectivity index (χ1n) is 8.65. The lowest BCUT2D eigenvalue weighted by atomic mass is 10.1. The Morgan fingerprint density at radius 3 is 2.67 bits per heavy atom. The number of para-hydroxylation sites is 1. The highest BCUT2D eigenvalue weighted by Crippen LogP contribution is 2.38. The van der Waals surface area contributed by atoms with E-state index in [1.165, 1.54) is 18.4 Å². The average molecular weight is 323 g/mol. The van der Waals surface area contributed by atoms with Gasteiger partial charge in [0.15, 0.2) is 0 Å². The van der Waals surface area contributed by atoms with Gasteiger partial charge in [-0.3, -0.25) is 14.6 Å². The molecular weight excluding hydrogens is 298 g/mol. The monoisotopic (exact) mass is 323 g/mol. The highest BCUT2D eigenvalue weighted by molar-refractivity contribution is 6.35. The van der Waals surface area contributed by atoms with E-state index in [2.05, 4.69) is 28.9 Å². The summed E-state index contributed by atoms with van der Waals surface area (Å²) in [4.78, 5) is 20.7. The van der Waals surface area contributed by atoms with E-state index in [1.807, 2.05) is 36.1 Å². The van der Waals surface area contributed by atoms with Crippen LogP contribution in [0.3, 0.4) is 0 Å². The van der Waals surface area contributed by atoms with Crippen LogP contribution in [0.5, 0.6) is 0 Å². The number of hydrogen-bond donors (Lipinski definition) is 1. The topological polar surface area (TPSA) is 39.3 Å². The molecule has 1 aromatic carbocycles. The van der Waals surface area contributed by atoms with E-state index in [4.69, 9.17) is 0 Å². The number of aromatic nitrogens is 1. The average Bonchev–Trinajstić information content (AvgIpc) is 3.24. The molecule has 0 atom stereocenters. The summed E-state index contributed by atoms with van der Waals surface area (Å²) in [7, 11) is 0. The molecule has 4 nitrogen and oxygen atoms in total. The lowest BCUT2D eigenvalue weighted by molar-refractivity contribution is -0.113. The predicted octanol–water partition coefficient (Wildman–Crippen LogP) is 3.82. The largest absolute Gasteiger partial charge is 0.359 e. The fraction of sp³-hybridized carbons (Fsp3) is 0.350. The third-order valence-corrected chi connectivity index (χ3v) is 4.98. The van der Waals surface area contributed by atoms with E-state index in [1.54, 1.807) is 0 Å². The van der Waals surface area contributed by atoms with Crippen molar-refractivity contribution in [2.24, 2.45) is 0 Å². The smallest absolute Gasteiger partial charge is 0.260 e. The van der Waals surface area contributed by atoms with Crippen LogP contribution in [-0.2, 0) is 4.79 Å². The van der Waals surface area contributed by atoms with Crippen molar-refractivity contribution >= 4 is 23.2 Å². The molecule has 126 valence electrons. The number of carbonyl (C=O) groups is 1. The molecule has 0 aliphatic carbocycles. The Labute approximate surface area is 144 Å². The minimum atomic E-state index is 0. The van der Waals surface area contributed by atoms with Crippen LogP contribution in [0.1, 0.15) is 36.8 Å². The Bertz CT molecular complexity index is 818. The van der Waals surface area contributed by atoms with Gasteiger partial charge in [0, 0.05) is 18.4 Å². The minimum Gasteiger partial charge on any atom is -0.359 e. The maximum Gasteiger partial charge on any atom is 0.260 e. The standard InChI is InChI=1S/C20H23N3O.H2/c1-14-11-15(2)21-18(14)12-17-16-7-3-4-8-19(16)23(20(17)24)13-22-9-5-6-10-22;/h3-4,7-8,11-12,21H,5-6,9-10,13H2,1-2H3;1H/b17-12-;. The molecule has 4 heteroatoms. The van der Waals surface area contributed by atoms with E-state index in [9.17, 15) is 4.79 Å². The van der Waals surface area contributed by atoms with Crippen LogP contribution in [0.2, 0.25) is 0 Å². The summed E-state index contributed by atoms with van der Waals surface area (Å²) in [6.45, 7) is 6.97. The van der Waals surface area contributed by atoms with Crippen molar-refractivity contribution in [3.05, 3.63) is 52.8 Å². The van der Waals surface area contributed by atoms with Gasteiger partial charge in [-0.2, -0.15) is 0 Å². The summed E-state index contributed by atoms with van der Waals surface area (Å²) in [5.41, 5.74) is 6.16. The number of hydrogen-bond acceptors (Lipinski definition) is 2. The Morgan fingerprint density at radius 2 is 1.96 bits per heavy atom. The Kier molecular flexibility index (Phi) is 3.77. The number of nitrogens with zero attached hydrogens (tertiary/aromatic N) is 2. The highest BCUT2D eigenvalue weighted by atomic mass is 16.2. The number of benzene rings is 1. The molecule has 3 heterocycles. The number of carbonyl (C=O) groups excluding carboxylic acids is 1. The van der Waals surface area contributed by atoms with Crippen LogP contribution in [0, 0.1) is 13.8 Å². The fourth-order valence-corrected chi connectivity index (χ4v) is 3.75. The Morgan fingerprint density at radius 1 is 1.21 bits per heavy atom. The molecule has 1 aromatic heterocycles. The molecule has 0 saturated carbocycles. The summed E-state index contributed by atoms with van der Waals surface area (Å²) in [6.07, 6.45) is 4.47. The summed E-state index contributed by atoms with van der Waals surface area (Å²) >= 11 is 0. The van der Waals surface area contributed by atoms with Crippen molar-refractivity contribution in [1.82, 2.24) is 9.88 Å². The van der Waals surface area contributed by atoms with Gasteiger partial charge in [-0.25, -0.2) is 0 Å². The van der Waals surface area contributed by atoms with E-state index in [0.29, 0.717) is 6.67 Å². The number of fused-ring (bicyclic) bond motifs is 1. The molecule has 0 unspecified atom stereocenters. The summed E-state index contributed by atoms with van der Waals surface area (Å²) in [5, 5.41) is 0. The lowest BCUT2D eigenvalue weighted by Crippen LogP contribution is -2.38. The van der Waals surface area contributed by atoms with Gasteiger partial charge in [0.2, 0.25) is 0 Å². The van der Waals surface area contributed by atoms with Crippen molar-refractivity contribution in [2.45, 2.75) is 26.7 Å². The van der Waals surface area contributed by atoms with Crippen molar-refractivity contribution in [1.29, 1.82) is 0 Å². The van der Waals surface area contributed by atoms with E-state index in [-0.39, 0.29) is 7.33 Å². The third-order valence-electron chi connectivity index (χ3n) is 4.98. The molecule has 2 aliphatic heterocycles. The first-order chi connectivity index (χ1) is 11.6. The number of amides is 1. The maximum atomic E-state index is 13.1. The van der Waals surface area contributed by atoms with Crippen molar-refractivity contribution in [3.8, 4) is 0 Å². The molecule has 0 bridgehead atoms. The second-order valence-corrected chi connectivity index (χ2v) is 6.82. The summed E-state index contributed by atoms with van der Waals surface area (Å²) in [5.74, 6) is 0.106. The number of aryl methyl sites for hydroxylation is 2. The maximum absolute atomic E-state index is 13.1. The predicted molar refractivity (Wildman–Crippen MR) is 99.9 cm³/mol. The second-order valence-electron chi connectivity index (χ2n) is 6.82. The molecule has 0 spiro atoms. The highest BCUT2D eigenvalue weighted by Gasteiger charge is 2.33. The van der Waals surface area contributed by atoms with Gasteiger partial charge in [0.1, 0.15) is 0 Å². The summed E-state index contributed by atoms with van der Waals surface area (Å²) in [6, 6.07) is 10.2. The van der Waals surface area contributed by atoms with Crippen LogP contribution in [0.4, 0.5) is 5.69 Å². The normalized spacial score (nSPS) is 19.5. The third kappa shape index (κ3) is 2.57. The number of anilines is 1. The van der Waals surface area contributed by atoms with Gasteiger partial charge in [-0.1, -0.05) is 18.2 Å². The van der Waals surface area contributed by atoms with Crippen molar-refractivity contribution < 1.29 is 6.22 Å².